The number of methoxy groups -OCH3 is 1. The molecule has 1 heterocycles. The van der Waals surface area contributed by atoms with Crippen LogP contribution in [-0.4, -0.2) is 64.8 Å². The van der Waals surface area contributed by atoms with Gasteiger partial charge in [0.25, 0.3) is 0 Å². The lowest BCUT2D eigenvalue weighted by Crippen LogP contribution is -2.59. The molecule has 0 bridgehead atoms. The van der Waals surface area contributed by atoms with E-state index in [-0.39, 0.29) is 6.61 Å². The Balaban J connectivity index is 2.69. The first-order chi connectivity index (χ1) is 6.11. The highest BCUT2D eigenvalue weighted by molar-refractivity contribution is 4.89. The second kappa shape index (κ2) is 4.32. The molecule has 0 aliphatic carbocycles. The Morgan fingerprint density at radius 1 is 1.23 bits per heavy atom. The molecule has 1 saturated heterocycles. The summed E-state index contributed by atoms with van der Waals surface area (Å²) in [4.78, 5) is 0. The second-order valence-electron chi connectivity index (χ2n) is 2.93. The molecule has 1 fully saturated rings. The van der Waals surface area contributed by atoms with E-state index in [0.717, 1.165) is 0 Å². The van der Waals surface area contributed by atoms with Gasteiger partial charge in [-0.2, -0.15) is 0 Å². The van der Waals surface area contributed by atoms with Gasteiger partial charge in [0, 0.05) is 7.11 Å². The van der Waals surface area contributed by atoms with Crippen molar-refractivity contribution in [2.45, 2.75) is 30.7 Å². The molecule has 0 saturated carbocycles. The molecular weight excluding hydrogens is 180 g/mol. The SMILES string of the molecule is CO[C@H]1[C@H](O)[C@@H](O)C(O)O[C@@H]1CO. The van der Waals surface area contributed by atoms with Crippen LogP contribution >= 0.6 is 0 Å². The molecule has 13 heavy (non-hydrogen) atoms. The van der Waals surface area contributed by atoms with Gasteiger partial charge in [0.1, 0.15) is 24.4 Å². The third-order valence-electron chi connectivity index (χ3n) is 2.11. The van der Waals surface area contributed by atoms with Crippen molar-refractivity contribution in [3.63, 3.8) is 0 Å². The van der Waals surface area contributed by atoms with Crippen molar-refractivity contribution in [2.75, 3.05) is 13.7 Å². The van der Waals surface area contributed by atoms with Crippen LogP contribution in [0.2, 0.25) is 0 Å². The van der Waals surface area contributed by atoms with Gasteiger partial charge >= 0.3 is 0 Å². The number of ether oxygens (including phenoxy) is 2. The van der Waals surface area contributed by atoms with E-state index in [4.69, 9.17) is 19.7 Å². The molecule has 1 rings (SSSR count). The Bertz CT molecular complexity index is 161. The highest BCUT2D eigenvalue weighted by Crippen LogP contribution is 2.21. The van der Waals surface area contributed by atoms with Crippen molar-refractivity contribution in [1.29, 1.82) is 0 Å². The molecule has 4 N–H and O–H groups in total. The molecule has 6 nitrogen and oxygen atoms in total. The zero-order valence-corrected chi connectivity index (χ0v) is 7.20. The maximum Gasteiger partial charge on any atom is 0.184 e. The summed E-state index contributed by atoms with van der Waals surface area (Å²) in [5.74, 6) is 0. The molecule has 0 radical (unpaired) electrons. The first kappa shape index (κ1) is 10.8. The highest BCUT2D eigenvalue weighted by Gasteiger charge is 2.43. The normalized spacial score (nSPS) is 46.4. The van der Waals surface area contributed by atoms with Crippen LogP contribution in [0.25, 0.3) is 0 Å². The number of rotatable bonds is 2. The maximum atomic E-state index is 9.38. The molecule has 0 aromatic carbocycles. The zero-order valence-electron chi connectivity index (χ0n) is 7.20. The average Bonchev–Trinajstić information content (AvgIpc) is 2.13. The number of hydrogen-bond donors (Lipinski definition) is 4. The Hall–Kier alpha value is -0.240. The van der Waals surface area contributed by atoms with Crippen molar-refractivity contribution in [3.8, 4) is 0 Å². The van der Waals surface area contributed by atoms with Crippen LogP contribution in [0.15, 0.2) is 0 Å². The van der Waals surface area contributed by atoms with Crippen molar-refractivity contribution in [2.24, 2.45) is 0 Å². The summed E-state index contributed by atoms with van der Waals surface area (Å²) in [6, 6.07) is 0. The van der Waals surface area contributed by atoms with Crippen molar-refractivity contribution < 1.29 is 29.9 Å². The molecule has 1 aliphatic heterocycles. The molecule has 0 spiro atoms. The van der Waals surface area contributed by atoms with E-state index < -0.39 is 30.7 Å². The van der Waals surface area contributed by atoms with Crippen LogP contribution in [0.1, 0.15) is 0 Å². The molecule has 0 aromatic rings. The van der Waals surface area contributed by atoms with Crippen LogP contribution in [0.4, 0.5) is 0 Å². The Kier molecular flexibility index (Phi) is 3.60. The quantitative estimate of drug-likeness (QED) is 0.386. The average molecular weight is 194 g/mol. The lowest BCUT2D eigenvalue weighted by Gasteiger charge is -2.39. The van der Waals surface area contributed by atoms with Crippen LogP contribution in [-0.2, 0) is 9.47 Å². The van der Waals surface area contributed by atoms with Gasteiger partial charge in [0.05, 0.1) is 6.61 Å². The molecule has 6 heteroatoms. The highest BCUT2D eigenvalue weighted by atomic mass is 16.6. The van der Waals surface area contributed by atoms with Crippen molar-refractivity contribution in [3.05, 3.63) is 0 Å². The molecule has 0 amide bonds. The van der Waals surface area contributed by atoms with Gasteiger partial charge in [-0.1, -0.05) is 0 Å². The van der Waals surface area contributed by atoms with E-state index in [1.807, 2.05) is 0 Å². The predicted molar refractivity (Wildman–Crippen MR) is 40.8 cm³/mol. The summed E-state index contributed by atoms with van der Waals surface area (Å²) in [5, 5.41) is 36.4. The summed E-state index contributed by atoms with van der Waals surface area (Å²) in [7, 11) is 1.32. The first-order valence-corrected chi connectivity index (χ1v) is 3.95. The Labute approximate surface area is 75.3 Å². The van der Waals surface area contributed by atoms with Gasteiger partial charge in [0.15, 0.2) is 6.29 Å². The van der Waals surface area contributed by atoms with Crippen molar-refractivity contribution in [1.82, 2.24) is 0 Å². The fourth-order valence-electron chi connectivity index (χ4n) is 1.36. The lowest BCUT2D eigenvalue weighted by atomic mass is 9.99. The minimum absolute atomic E-state index is 0.390. The largest absolute Gasteiger partial charge is 0.394 e. The minimum Gasteiger partial charge on any atom is -0.394 e. The van der Waals surface area contributed by atoms with E-state index in [1.165, 1.54) is 7.11 Å². The topological polar surface area (TPSA) is 99.4 Å². The number of hydrogen-bond acceptors (Lipinski definition) is 6. The lowest BCUT2D eigenvalue weighted by molar-refractivity contribution is -0.290. The number of aliphatic hydroxyl groups excluding tert-OH is 4. The summed E-state index contributed by atoms with van der Waals surface area (Å²) in [5.41, 5.74) is 0. The predicted octanol–water partition coefficient (Wildman–Crippen LogP) is -2.57. The second-order valence-corrected chi connectivity index (χ2v) is 2.93. The fourth-order valence-corrected chi connectivity index (χ4v) is 1.36. The summed E-state index contributed by atoms with van der Waals surface area (Å²) < 4.78 is 9.61. The number of aliphatic hydroxyl groups is 4. The smallest absolute Gasteiger partial charge is 0.184 e. The van der Waals surface area contributed by atoms with Gasteiger partial charge in [-0.15, -0.1) is 0 Å². The summed E-state index contributed by atoms with van der Waals surface area (Å²) in [6.07, 6.45) is -5.81. The molecule has 78 valence electrons. The maximum absolute atomic E-state index is 9.38. The van der Waals surface area contributed by atoms with Gasteiger partial charge in [-0.25, -0.2) is 0 Å². The third-order valence-corrected chi connectivity index (χ3v) is 2.11. The monoisotopic (exact) mass is 194 g/mol. The van der Waals surface area contributed by atoms with Crippen molar-refractivity contribution >= 4 is 0 Å². The Morgan fingerprint density at radius 3 is 2.31 bits per heavy atom. The zero-order chi connectivity index (χ0) is 10.0. The minimum atomic E-state index is -1.49. The molecule has 5 atom stereocenters. The molecular formula is C7H14O6. The van der Waals surface area contributed by atoms with Crippen LogP contribution in [0.3, 0.4) is 0 Å². The van der Waals surface area contributed by atoms with E-state index in [1.54, 1.807) is 0 Å². The van der Waals surface area contributed by atoms with Gasteiger partial charge < -0.3 is 29.9 Å². The van der Waals surface area contributed by atoms with Gasteiger partial charge in [-0.3, -0.25) is 0 Å². The molecule has 1 aliphatic rings. The Morgan fingerprint density at radius 2 is 1.85 bits per heavy atom. The molecule has 1 unspecified atom stereocenters. The van der Waals surface area contributed by atoms with E-state index in [2.05, 4.69) is 0 Å². The van der Waals surface area contributed by atoms with Gasteiger partial charge in [0.2, 0.25) is 0 Å². The van der Waals surface area contributed by atoms with E-state index >= 15 is 0 Å². The summed E-state index contributed by atoms with van der Waals surface area (Å²) >= 11 is 0. The third kappa shape index (κ3) is 1.98. The standard InChI is InChI=1S/C7H14O6/c1-12-6-3(2-8)13-7(11)5(10)4(6)9/h3-11H,2H2,1H3/t3-,4-,5-,6-,7?/m1/s1. The van der Waals surface area contributed by atoms with Crippen LogP contribution in [0, 0.1) is 0 Å². The summed E-state index contributed by atoms with van der Waals surface area (Å²) in [6.45, 7) is -0.390. The first-order valence-electron chi connectivity index (χ1n) is 3.95. The van der Waals surface area contributed by atoms with Crippen LogP contribution < -0.4 is 0 Å². The van der Waals surface area contributed by atoms with E-state index in [0.29, 0.717) is 0 Å². The molecule has 0 aromatic heterocycles. The van der Waals surface area contributed by atoms with Crippen LogP contribution in [0.5, 0.6) is 0 Å². The van der Waals surface area contributed by atoms with E-state index in [9.17, 15) is 10.2 Å². The fraction of sp³-hybridized carbons (Fsp3) is 1.00. The van der Waals surface area contributed by atoms with Gasteiger partial charge in [-0.05, 0) is 0 Å².